The monoisotopic (exact) mass is 406 g/mol. The second kappa shape index (κ2) is 7.62. The summed E-state index contributed by atoms with van der Waals surface area (Å²) < 4.78 is 2.33. The number of hydrogen-bond donors (Lipinski definition) is 0. The van der Waals surface area contributed by atoms with Crippen molar-refractivity contribution >= 4 is 22.1 Å². The van der Waals surface area contributed by atoms with Crippen molar-refractivity contribution in [3.05, 3.63) is 84.2 Å². The first-order valence-electron chi connectivity index (χ1n) is 10.9. The van der Waals surface area contributed by atoms with E-state index in [4.69, 9.17) is 9.97 Å². The number of hydrogen-bond acceptors (Lipinski definition) is 3. The zero-order valence-electron chi connectivity index (χ0n) is 18.4. The van der Waals surface area contributed by atoms with E-state index in [0.29, 0.717) is 11.8 Å². The van der Waals surface area contributed by atoms with Crippen molar-refractivity contribution in [2.45, 2.75) is 39.5 Å². The maximum absolute atomic E-state index is 5.07. The summed E-state index contributed by atoms with van der Waals surface area (Å²) in [5.74, 6) is 1.66. The van der Waals surface area contributed by atoms with Gasteiger partial charge in [0.2, 0.25) is 0 Å². The number of nitrogens with zero attached hydrogens (tertiary/aromatic N) is 4. The minimum absolute atomic E-state index is 0.371. The van der Waals surface area contributed by atoms with Crippen molar-refractivity contribution < 1.29 is 0 Å². The molecule has 0 aliphatic heterocycles. The highest BCUT2D eigenvalue weighted by Gasteiger charge is 2.23. The van der Waals surface area contributed by atoms with Crippen molar-refractivity contribution in [2.24, 2.45) is 0 Å². The average molecular weight is 407 g/mol. The van der Waals surface area contributed by atoms with Gasteiger partial charge in [-0.2, -0.15) is 0 Å². The Morgan fingerprint density at radius 1 is 0.710 bits per heavy atom. The predicted octanol–water partition coefficient (Wildman–Crippen LogP) is 6.88. The lowest BCUT2D eigenvalue weighted by Gasteiger charge is -2.22. The van der Waals surface area contributed by atoms with Crippen LogP contribution >= 0.6 is 0 Å². The van der Waals surface area contributed by atoms with Crippen LogP contribution in [0.4, 0.5) is 0 Å². The molecule has 4 heteroatoms. The third-order valence-corrected chi connectivity index (χ3v) is 5.84. The number of pyridine rings is 2. The van der Waals surface area contributed by atoms with Crippen LogP contribution in [-0.2, 0) is 0 Å². The Kier molecular flexibility index (Phi) is 4.78. The Morgan fingerprint density at radius 2 is 1.42 bits per heavy atom. The molecule has 0 radical (unpaired) electrons. The normalized spacial score (nSPS) is 11.8. The van der Waals surface area contributed by atoms with Gasteiger partial charge in [0.05, 0.1) is 17.4 Å². The van der Waals surface area contributed by atoms with Gasteiger partial charge in [0.25, 0.3) is 0 Å². The van der Waals surface area contributed by atoms with E-state index in [-0.39, 0.29) is 0 Å². The van der Waals surface area contributed by atoms with Gasteiger partial charge in [-0.25, -0.2) is 4.98 Å². The molecular formula is C27H26N4. The number of benzene rings is 2. The summed E-state index contributed by atoms with van der Waals surface area (Å²) in [4.78, 5) is 14.4. The molecule has 0 aliphatic carbocycles. The average Bonchev–Trinajstić information content (AvgIpc) is 3.19. The second-order valence-corrected chi connectivity index (χ2v) is 8.59. The third kappa shape index (κ3) is 3.19. The van der Waals surface area contributed by atoms with Gasteiger partial charge in [-0.15, -0.1) is 0 Å². The van der Waals surface area contributed by atoms with Gasteiger partial charge in [0.1, 0.15) is 22.4 Å². The zero-order valence-corrected chi connectivity index (χ0v) is 18.4. The summed E-state index contributed by atoms with van der Waals surface area (Å²) in [6.07, 6.45) is 3.70. The number of para-hydroxylation sites is 1. The Labute approximate surface area is 182 Å². The van der Waals surface area contributed by atoms with Gasteiger partial charge in [-0.05, 0) is 35.1 Å². The lowest BCUT2D eigenvalue weighted by molar-refractivity contribution is 0.811. The summed E-state index contributed by atoms with van der Waals surface area (Å²) in [6.45, 7) is 9.01. The fourth-order valence-corrected chi connectivity index (χ4v) is 4.34. The van der Waals surface area contributed by atoms with Crippen LogP contribution < -0.4 is 0 Å². The lowest BCUT2D eigenvalue weighted by Crippen LogP contribution is -2.09. The van der Waals surface area contributed by atoms with Gasteiger partial charge in [0.15, 0.2) is 0 Å². The summed E-state index contributed by atoms with van der Waals surface area (Å²) in [5, 5.41) is 0. The molecule has 4 nitrogen and oxygen atoms in total. The highest BCUT2D eigenvalue weighted by atomic mass is 15.1. The topological polar surface area (TPSA) is 43.6 Å². The van der Waals surface area contributed by atoms with Gasteiger partial charge in [-0.1, -0.05) is 76.2 Å². The Morgan fingerprint density at radius 3 is 2.10 bits per heavy atom. The summed E-state index contributed by atoms with van der Waals surface area (Å²) in [5.41, 5.74) is 8.54. The lowest BCUT2D eigenvalue weighted by atomic mass is 9.92. The number of rotatable bonds is 4. The van der Waals surface area contributed by atoms with E-state index < -0.39 is 0 Å². The van der Waals surface area contributed by atoms with Crippen LogP contribution in [0.3, 0.4) is 0 Å². The maximum atomic E-state index is 5.07. The summed E-state index contributed by atoms with van der Waals surface area (Å²) in [7, 11) is 0. The molecule has 3 heterocycles. The van der Waals surface area contributed by atoms with Gasteiger partial charge < -0.3 is 0 Å². The first kappa shape index (κ1) is 19.4. The van der Waals surface area contributed by atoms with Crippen molar-refractivity contribution in [2.75, 3.05) is 0 Å². The molecule has 0 amide bonds. The van der Waals surface area contributed by atoms with Crippen LogP contribution in [0.15, 0.2) is 73.1 Å². The predicted molar refractivity (Wildman–Crippen MR) is 128 cm³/mol. The smallest absolute Gasteiger partial charge is 0.145 e. The first-order valence-corrected chi connectivity index (χ1v) is 10.9. The molecule has 0 unspecified atom stereocenters. The SMILES string of the molecule is CC(C)c1cccc(C(C)C)c1-n1c(-c2ccccc2)nc2cnc3cccnc3c21. The molecule has 0 saturated heterocycles. The highest BCUT2D eigenvalue weighted by molar-refractivity contribution is 6.02. The fraction of sp³-hybridized carbons (Fsp3) is 0.222. The van der Waals surface area contributed by atoms with Gasteiger partial charge >= 0.3 is 0 Å². The summed E-state index contributed by atoms with van der Waals surface area (Å²) in [6, 6.07) is 21.0. The Balaban J connectivity index is 2.01. The van der Waals surface area contributed by atoms with Crippen LogP contribution in [-0.4, -0.2) is 19.5 Å². The molecule has 0 N–H and O–H groups in total. The molecule has 154 valence electrons. The van der Waals surface area contributed by atoms with E-state index in [1.54, 1.807) is 0 Å². The van der Waals surface area contributed by atoms with E-state index in [2.05, 4.69) is 79.7 Å². The molecule has 5 aromatic rings. The minimum Gasteiger partial charge on any atom is -0.290 e. The molecule has 5 rings (SSSR count). The zero-order chi connectivity index (χ0) is 21.5. The Hall–Kier alpha value is -3.53. The quantitative estimate of drug-likeness (QED) is 0.327. The van der Waals surface area contributed by atoms with E-state index in [0.717, 1.165) is 33.5 Å². The van der Waals surface area contributed by atoms with Crippen molar-refractivity contribution in [3.63, 3.8) is 0 Å². The molecule has 0 saturated carbocycles. The number of imidazole rings is 1. The van der Waals surface area contributed by atoms with E-state index in [1.165, 1.54) is 16.8 Å². The van der Waals surface area contributed by atoms with E-state index >= 15 is 0 Å². The molecule has 0 aliphatic rings. The highest BCUT2D eigenvalue weighted by Crippen LogP contribution is 2.38. The van der Waals surface area contributed by atoms with Crippen molar-refractivity contribution in [1.82, 2.24) is 19.5 Å². The van der Waals surface area contributed by atoms with Crippen LogP contribution in [0.25, 0.3) is 39.1 Å². The molecule has 31 heavy (non-hydrogen) atoms. The third-order valence-electron chi connectivity index (χ3n) is 5.84. The van der Waals surface area contributed by atoms with E-state index in [1.807, 2.05) is 30.6 Å². The fourth-order valence-electron chi connectivity index (χ4n) is 4.34. The molecule has 0 fully saturated rings. The number of aromatic nitrogens is 4. The van der Waals surface area contributed by atoms with Crippen LogP contribution in [0.1, 0.15) is 50.7 Å². The molecule has 2 aromatic carbocycles. The largest absolute Gasteiger partial charge is 0.290 e. The van der Waals surface area contributed by atoms with Crippen LogP contribution in [0, 0.1) is 0 Å². The molecule has 0 atom stereocenters. The minimum atomic E-state index is 0.371. The standard InChI is InChI=1S/C27H26N4/c1-17(2)20-12-8-13-21(18(3)4)25(20)31-26-23(16-29-22-14-9-15-28-24(22)26)30-27(31)19-10-6-5-7-11-19/h5-18H,1-4H3. The van der Waals surface area contributed by atoms with Crippen molar-refractivity contribution in [3.8, 4) is 17.1 Å². The molecule has 0 bridgehead atoms. The van der Waals surface area contributed by atoms with E-state index in [9.17, 15) is 0 Å². The van der Waals surface area contributed by atoms with Gasteiger partial charge in [0, 0.05) is 11.8 Å². The molecular weight excluding hydrogens is 380 g/mol. The van der Waals surface area contributed by atoms with Crippen LogP contribution in [0.2, 0.25) is 0 Å². The number of fused-ring (bicyclic) bond motifs is 3. The molecule has 0 spiro atoms. The Bertz CT molecular complexity index is 1350. The maximum Gasteiger partial charge on any atom is 0.145 e. The first-order chi connectivity index (χ1) is 15.1. The van der Waals surface area contributed by atoms with Gasteiger partial charge in [-0.3, -0.25) is 14.5 Å². The summed E-state index contributed by atoms with van der Waals surface area (Å²) >= 11 is 0. The second-order valence-electron chi connectivity index (χ2n) is 8.59. The molecule has 3 aromatic heterocycles. The van der Waals surface area contributed by atoms with Crippen molar-refractivity contribution in [1.29, 1.82) is 0 Å². The van der Waals surface area contributed by atoms with Crippen LogP contribution in [0.5, 0.6) is 0 Å².